The average Bonchev–Trinajstić information content (AvgIpc) is 2.98. The third kappa shape index (κ3) is 4.32. The Bertz CT molecular complexity index is 1080. The molecule has 5 nitrogen and oxygen atoms in total. The quantitative estimate of drug-likeness (QED) is 0.537. The van der Waals surface area contributed by atoms with Crippen LogP contribution in [-0.4, -0.2) is 15.7 Å². The number of para-hydroxylation sites is 2. The molecular formula is C22H22F3N3O2. The van der Waals surface area contributed by atoms with E-state index in [0.29, 0.717) is 16.2 Å². The van der Waals surface area contributed by atoms with Crippen LogP contribution in [0.3, 0.4) is 0 Å². The molecule has 0 aliphatic carbocycles. The first kappa shape index (κ1) is 21.4. The monoisotopic (exact) mass is 417 g/mol. The molecule has 0 saturated carbocycles. The van der Waals surface area contributed by atoms with Gasteiger partial charge in [-0.15, -0.1) is 0 Å². The van der Waals surface area contributed by atoms with Crippen molar-refractivity contribution in [1.82, 2.24) is 9.78 Å². The smallest absolute Gasteiger partial charge is 0.283 e. The molecule has 0 aliphatic heterocycles. The van der Waals surface area contributed by atoms with Crippen LogP contribution in [0.15, 0.2) is 42.5 Å². The Morgan fingerprint density at radius 3 is 2.50 bits per heavy atom. The summed E-state index contributed by atoms with van der Waals surface area (Å²) in [5.74, 6) is -1.04. The van der Waals surface area contributed by atoms with Crippen molar-refractivity contribution in [1.29, 1.82) is 0 Å². The van der Waals surface area contributed by atoms with Crippen LogP contribution in [-0.2, 0) is 7.05 Å². The lowest BCUT2D eigenvalue weighted by Gasteiger charge is -2.17. The minimum atomic E-state index is -3.09. The van der Waals surface area contributed by atoms with Gasteiger partial charge in [0.2, 0.25) is 5.95 Å². The van der Waals surface area contributed by atoms with Crippen molar-refractivity contribution < 1.29 is 22.7 Å². The number of benzene rings is 2. The van der Waals surface area contributed by atoms with E-state index in [-0.39, 0.29) is 11.6 Å². The van der Waals surface area contributed by atoms with Crippen LogP contribution < -0.4 is 10.1 Å². The number of carbonyl (C=O) groups excluding carboxylic acids is 1. The molecule has 0 aliphatic rings. The molecule has 158 valence electrons. The van der Waals surface area contributed by atoms with Gasteiger partial charge in [-0.05, 0) is 42.2 Å². The van der Waals surface area contributed by atoms with Crippen molar-refractivity contribution >= 4 is 11.6 Å². The van der Waals surface area contributed by atoms with Gasteiger partial charge in [-0.2, -0.15) is 9.49 Å². The number of amides is 1. The van der Waals surface area contributed by atoms with Gasteiger partial charge in [0.05, 0.1) is 5.69 Å². The van der Waals surface area contributed by atoms with Crippen molar-refractivity contribution in [2.24, 2.45) is 7.05 Å². The third-order valence-electron chi connectivity index (χ3n) is 4.58. The molecule has 0 bridgehead atoms. The Morgan fingerprint density at radius 2 is 1.83 bits per heavy atom. The van der Waals surface area contributed by atoms with Crippen LogP contribution in [0, 0.1) is 12.9 Å². The summed E-state index contributed by atoms with van der Waals surface area (Å²) in [6.45, 7) is 5.99. The second kappa shape index (κ2) is 8.61. The highest BCUT2D eigenvalue weighted by atomic mass is 19.3. The number of hydrogen-bond donors (Lipinski definition) is 1. The molecule has 0 saturated heterocycles. The van der Waals surface area contributed by atoms with Gasteiger partial charge in [-0.25, -0.2) is 13.5 Å². The Kier molecular flexibility index (Phi) is 6.14. The summed E-state index contributed by atoms with van der Waals surface area (Å²) in [5.41, 5.74) is 0.490. The average molecular weight is 417 g/mol. The fraction of sp³-hybridized carbons (Fsp3) is 0.273. The molecule has 1 N–H and O–H groups in total. The summed E-state index contributed by atoms with van der Waals surface area (Å²) >= 11 is 0. The van der Waals surface area contributed by atoms with E-state index in [4.69, 9.17) is 4.74 Å². The summed E-state index contributed by atoms with van der Waals surface area (Å²) in [5, 5.41) is 5.87. The summed E-state index contributed by atoms with van der Waals surface area (Å²) in [7, 11) is 1.15. The van der Waals surface area contributed by atoms with Crippen molar-refractivity contribution in [3.05, 3.63) is 70.8 Å². The van der Waals surface area contributed by atoms with Crippen molar-refractivity contribution in [3.8, 4) is 11.5 Å². The number of halogens is 3. The fourth-order valence-corrected chi connectivity index (χ4v) is 3.05. The predicted octanol–water partition coefficient (Wildman–Crippen LogP) is 5.97. The number of anilines is 1. The minimum absolute atomic E-state index is 0.195. The molecule has 0 radical (unpaired) electrons. The third-order valence-corrected chi connectivity index (χ3v) is 4.58. The van der Waals surface area contributed by atoms with Gasteiger partial charge < -0.3 is 10.1 Å². The zero-order valence-electron chi connectivity index (χ0n) is 17.0. The second-order valence-corrected chi connectivity index (χ2v) is 7.22. The Balaban J connectivity index is 1.95. The predicted molar refractivity (Wildman–Crippen MR) is 108 cm³/mol. The van der Waals surface area contributed by atoms with Gasteiger partial charge in [0.1, 0.15) is 17.0 Å². The lowest BCUT2D eigenvalue weighted by Crippen LogP contribution is -2.16. The number of ether oxygens (including phenoxy) is 1. The number of rotatable bonds is 6. The van der Waals surface area contributed by atoms with E-state index in [1.165, 1.54) is 0 Å². The normalized spacial score (nSPS) is 11.2. The van der Waals surface area contributed by atoms with E-state index in [2.05, 4.69) is 10.4 Å². The number of hydrogen-bond acceptors (Lipinski definition) is 3. The molecule has 8 heteroatoms. The Hall–Kier alpha value is -3.29. The first-order valence-corrected chi connectivity index (χ1v) is 9.38. The van der Waals surface area contributed by atoms with E-state index in [9.17, 15) is 18.0 Å². The van der Waals surface area contributed by atoms with E-state index in [1.54, 1.807) is 24.3 Å². The van der Waals surface area contributed by atoms with Crippen molar-refractivity contribution in [3.63, 3.8) is 0 Å². The summed E-state index contributed by atoms with van der Waals surface area (Å²) in [6.07, 6.45) is -3.09. The summed E-state index contributed by atoms with van der Waals surface area (Å²) < 4.78 is 47.3. The molecule has 0 atom stereocenters. The van der Waals surface area contributed by atoms with Gasteiger partial charge in [0.15, 0.2) is 5.75 Å². The van der Waals surface area contributed by atoms with E-state index in [0.717, 1.165) is 18.2 Å². The minimum Gasteiger partial charge on any atom is -0.455 e. The van der Waals surface area contributed by atoms with Gasteiger partial charge in [0.25, 0.3) is 12.3 Å². The maximum atomic E-state index is 14.2. The molecular weight excluding hydrogens is 395 g/mol. The molecule has 3 rings (SSSR count). The number of alkyl halides is 2. The highest BCUT2D eigenvalue weighted by Crippen LogP contribution is 2.35. The van der Waals surface area contributed by atoms with Crippen LogP contribution in [0.1, 0.15) is 53.4 Å². The Labute approximate surface area is 172 Å². The molecule has 30 heavy (non-hydrogen) atoms. The summed E-state index contributed by atoms with van der Waals surface area (Å²) in [4.78, 5) is 12.6. The fourth-order valence-electron chi connectivity index (χ4n) is 3.05. The molecule has 2 aromatic carbocycles. The highest BCUT2D eigenvalue weighted by Gasteiger charge is 2.29. The van der Waals surface area contributed by atoms with E-state index < -0.39 is 29.5 Å². The maximum absolute atomic E-state index is 14.2. The molecule has 1 heterocycles. The number of aromatic nitrogens is 2. The molecule has 0 unspecified atom stereocenters. The van der Waals surface area contributed by atoms with Crippen LogP contribution in [0.5, 0.6) is 11.5 Å². The number of aryl methyl sites for hydroxylation is 2. The zero-order valence-corrected chi connectivity index (χ0v) is 17.0. The zero-order chi connectivity index (χ0) is 22.0. The number of nitrogens with zero attached hydrogens (tertiary/aromatic N) is 2. The van der Waals surface area contributed by atoms with Crippen LogP contribution in [0.4, 0.5) is 18.9 Å². The molecule has 3 aromatic rings. The van der Waals surface area contributed by atoms with E-state index >= 15 is 0 Å². The van der Waals surface area contributed by atoms with Gasteiger partial charge in [-0.1, -0.05) is 38.1 Å². The lowest BCUT2D eigenvalue weighted by molar-refractivity contribution is 0.100. The molecule has 1 amide bonds. The lowest BCUT2D eigenvalue weighted by atomic mass is 10.0. The number of nitrogens with one attached hydrogen (secondary N) is 1. The summed E-state index contributed by atoms with van der Waals surface area (Å²) in [6, 6.07) is 12.4. The maximum Gasteiger partial charge on any atom is 0.283 e. The van der Waals surface area contributed by atoms with Crippen LogP contribution >= 0.6 is 0 Å². The molecule has 0 spiro atoms. The number of carbonyl (C=O) groups is 1. The first-order chi connectivity index (χ1) is 14.2. The van der Waals surface area contributed by atoms with Gasteiger partial charge in [0, 0.05) is 7.05 Å². The highest BCUT2D eigenvalue weighted by molar-refractivity contribution is 6.06. The van der Waals surface area contributed by atoms with Gasteiger partial charge >= 0.3 is 0 Å². The van der Waals surface area contributed by atoms with Crippen molar-refractivity contribution in [2.45, 2.75) is 33.1 Å². The molecule has 1 aromatic heterocycles. The first-order valence-electron chi connectivity index (χ1n) is 9.38. The second-order valence-electron chi connectivity index (χ2n) is 7.22. The van der Waals surface area contributed by atoms with Gasteiger partial charge in [-0.3, -0.25) is 4.79 Å². The topological polar surface area (TPSA) is 56.1 Å². The molecule has 0 fully saturated rings. The van der Waals surface area contributed by atoms with E-state index in [1.807, 2.05) is 39.0 Å². The SMILES string of the molecule is Cc1ccc(C(C)C)c(Oc2ccccc2NC(=O)c2c(C(F)F)nn(C)c2F)c1. The van der Waals surface area contributed by atoms with Crippen LogP contribution in [0.25, 0.3) is 0 Å². The van der Waals surface area contributed by atoms with Crippen molar-refractivity contribution in [2.75, 3.05) is 5.32 Å². The standard InChI is InChI=1S/C22H22F3N3O2/c1-12(2)14-10-9-13(3)11-17(14)30-16-8-6-5-7-15(16)26-22(29)18-19(20(23)24)27-28(4)21(18)25/h5-12,20H,1-4H3,(H,26,29). The van der Waals surface area contributed by atoms with Crippen LogP contribution in [0.2, 0.25) is 0 Å². The Morgan fingerprint density at radius 1 is 1.13 bits per heavy atom. The largest absolute Gasteiger partial charge is 0.455 e.